The van der Waals surface area contributed by atoms with Crippen LogP contribution in [-0.4, -0.2) is 15.0 Å². The molecule has 18 heavy (non-hydrogen) atoms. The third-order valence-electron chi connectivity index (χ3n) is 2.71. The van der Waals surface area contributed by atoms with Crippen LogP contribution in [0.5, 0.6) is 0 Å². The Morgan fingerprint density at radius 1 is 1.28 bits per heavy atom. The summed E-state index contributed by atoms with van der Waals surface area (Å²) in [7, 11) is 0. The van der Waals surface area contributed by atoms with Crippen molar-refractivity contribution in [1.82, 2.24) is 15.0 Å². The summed E-state index contributed by atoms with van der Waals surface area (Å²) in [5.41, 5.74) is 3.86. The molecule has 0 radical (unpaired) electrons. The number of halogens is 2. The molecule has 0 fully saturated rings. The van der Waals surface area contributed by atoms with E-state index >= 15 is 0 Å². The van der Waals surface area contributed by atoms with Crippen LogP contribution in [0.1, 0.15) is 5.56 Å². The number of imidazole rings is 1. The monoisotopic (exact) mass is 321 g/mol. The Kier molecular flexibility index (Phi) is 2.84. The van der Waals surface area contributed by atoms with Gasteiger partial charge in [-0.05, 0) is 36.8 Å². The first kappa shape index (κ1) is 11.7. The second-order valence-electron chi connectivity index (χ2n) is 4.07. The fourth-order valence-corrected chi connectivity index (χ4v) is 2.57. The molecule has 0 spiro atoms. The summed E-state index contributed by atoms with van der Waals surface area (Å²) in [4.78, 5) is 12.1. The molecule has 2 heterocycles. The van der Waals surface area contributed by atoms with Gasteiger partial charge in [0.15, 0.2) is 5.82 Å². The molecule has 0 saturated carbocycles. The van der Waals surface area contributed by atoms with Crippen LogP contribution in [0.2, 0.25) is 5.02 Å². The van der Waals surface area contributed by atoms with Crippen molar-refractivity contribution < 1.29 is 0 Å². The summed E-state index contributed by atoms with van der Waals surface area (Å²) in [5.74, 6) is 0.753. The maximum Gasteiger partial charge on any atom is 0.157 e. The van der Waals surface area contributed by atoms with E-state index in [1.165, 1.54) is 0 Å². The van der Waals surface area contributed by atoms with Gasteiger partial charge in [-0.25, -0.2) is 4.98 Å². The van der Waals surface area contributed by atoms with Crippen molar-refractivity contribution in [3.05, 3.63) is 45.5 Å². The van der Waals surface area contributed by atoms with Gasteiger partial charge in [-0.1, -0.05) is 27.5 Å². The third kappa shape index (κ3) is 2.02. The number of fused-ring (bicyclic) bond motifs is 1. The van der Waals surface area contributed by atoms with Crippen LogP contribution >= 0.6 is 27.5 Å². The Morgan fingerprint density at radius 3 is 2.83 bits per heavy atom. The average Bonchev–Trinajstić information content (AvgIpc) is 2.74. The lowest BCUT2D eigenvalue weighted by Crippen LogP contribution is -1.84. The van der Waals surface area contributed by atoms with Crippen LogP contribution in [0.3, 0.4) is 0 Å². The fourth-order valence-electron chi connectivity index (χ4n) is 1.88. The van der Waals surface area contributed by atoms with E-state index in [0.717, 1.165) is 32.6 Å². The van der Waals surface area contributed by atoms with Gasteiger partial charge in [0, 0.05) is 10.7 Å². The Balaban J connectivity index is 2.19. The van der Waals surface area contributed by atoms with Gasteiger partial charge in [0.2, 0.25) is 0 Å². The van der Waals surface area contributed by atoms with Gasteiger partial charge < -0.3 is 4.98 Å². The number of aryl methyl sites for hydroxylation is 1. The summed E-state index contributed by atoms with van der Waals surface area (Å²) in [6.07, 6.45) is 1.62. The van der Waals surface area contributed by atoms with Crippen LogP contribution in [0, 0.1) is 6.92 Å². The topological polar surface area (TPSA) is 41.6 Å². The van der Waals surface area contributed by atoms with Gasteiger partial charge in [-0.2, -0.15) is 0 Å². The molecule has 3 rings (SSSR count). The molecule has 3 aromatic rings. The molecule has 90 valence electrons. The predicted molar refractivity (Wildman–Crippen MR) is 76.8 cm³/mol. The van der Waals surface area contributed by atoms with Crippen LogP contribution in [-0.2, 0) is 0 Å². The van der Waals surface area contributed by atoms with E-state index in [9.17, 15) is 0 Å². The molecular weight excluding hydrogens is 314 g/mol. The lowest BCUT2D eigenvalue weighted by Gasteiger charge is -1.94. The molecule has 0 unspecified atom stereocenters. The quantitative estimate of drug-likeness (QED) is 0.723. The van der Waals surface area contributed by atoms with Crippen molar-refractivity contribution in [2.24, 2.45) is 0 Å². The van der Waals surface area contributed by atoms with E-state index < -0.39 is 0 Å². The summed E-state index contributed by atoms with van der Waals surface area (Å²) < 4.78 is 1.03. The number of hydrogen-bond donors (Lipinski definition) is 1. The molecule has 0 bridgehead atoms. The zero-order chi connectivity index (χ0) is 12.7. The third-order valence-corrected chi connectivity index (χ3v) is 3.39. The van der Waals surface area contributed by atoms with Crippen LogP contribution in [0.15, 0.2) is 34.9 Å². The Bertz CT molecular complexity index is 719. The molecule has 1 N–H and O–H groups in total. The van der Waals surface area contributed by atoms with Crippen molar-refractivity contribution >= 4 is 38.6 Å². The SMILES string of the molecule is Cc1cc(Br)cc2[nH]c(-c3ccc(Cl)cn3)nc12. The molecule has 0 atom stereocenters. The second-order valence-corrected chi connectivity index (χ2v) is 5.42. The molecule has 0 saturated heterocycles. The lowest BCUT2D eigenvalue weighted by molar-refractivity contribution is 1.24. The summed E-state index contributed by atoms with van der Waals surface area (Å²) in [6, 6.07) is 7.71. The van der Waals surface area contributed by atoms with Gasteiger partial charge in [0.05, 0.1) is 16.1 Å². The molecule has 0 aliphatic heterocycles. The van der Waals surface area contributed by atoms with Crippen molar-refractivity contribution in [3.63, 3.8) is 0 Å². The first-order valence-electron chi connectivity index (χ1n) is 5.41. The van der Waals surface area contributed by atoms with Gasteiger partial charge in [-0.3, -0.25) is 4.98 Å². The highest BCUT2D eigenvalue weighted by molar-refractivity contribution is 9.10. The number of hydrogen-bond acceptors (Lipinski definition) is 2. The molecule has 0 aliphatic carbocycles. The van der Waals surface area contributed by atoms with Crippen LogP contribution < -0.4 is 0 Å². The van der Waals surface area contributed by atoms with Crippen LogP contribution in [0.25, 0.3) is 22.6 Å². The molecular formula is C13H9BrClN3. The highest BCUT2D eigenvalue weighted by Gasteiger charge is 2.09. The van der Waals surface area contributed by atoms with Gasteiger partial charge in [-0.15, -0.1) is 0 Å². The van der Waals surface area contributed by atoms with Gasteiger partial charge in [0.1, 0.15) is 5.69 Å². The van der Waals surface area contributed by atoms with E-state index in [-0.39, 0.29) is 0 Å². The Labute approximate surface area is 117 Å². The second kappa shape index (κ2) is 4.37. The minimum atomic E-state index is 0.619. The van der Waals surface area contributed by atoms with E-state index in [1.807, 2.05) is 25.1 Å². The highest BCUT2D eigenvalue weighted by atomic mass is 79.9. The van der Waals surface area contributed by atoms with Crippen molar-refractivity contribution in [3.8, 4) is 11.5 Å². The predicted octanol–water partition coefficient (Wildman–Crippen LogP) is 4.35. The number of aromatic amines is 1. The van der Waals surface area contributed by atoms with E-state index in [2.05, 4.69) is 30.9 Å². The van der Waals surface area contributed by atoms with E-state index in [0.29, 0.717) is 5.02 Å². The lowest BCUT2D eigenvalue weighted by atomic mass is 10.2. The summed E-state index contributed by atoms with van der Waals surface area (Å²) in [5, 5.41) is 0.619. The number of rotatable bonds is 1. The Hall–Kier alpha value is -1.39. The highest BCUT2D eigenvalue weighted by Crippen LogP contribution is 2.25. The number of pyridine rings is 1. The fraction of sp³-hybridized carbons (Fsp3) is 0.0769. The zero-order valence-corrected chi connectivity index (χ0v) is 11.9. The van der Waals surface area contributed by atoms with Crippen molar-refractivity contribution in [2.45, 2.75) is 6.92 Å². The molecule has 5 heteroatoms. The van der Waals surface area contributed by atoms with Gasteiger partial charge >= 0.3 is 0 Å². The number of H-pyrrole nitrogens is 1. The maximum absolute atomic E-state index is 5.82. The van der Waals surface area contributed by atoms with Gasteiger partial charge in [0.25, 0.3) is 0 Å². The molecule has 2 aromatic heterocycles. The van der Waals surface area contributed by atoms with E-state index in [1.54, 1.807) is 12.3 Å². The number of aromatic nitrogens is 3. The normalized spacial score (nSPS) is 11.1. The molecule has 0 aliphatic rings. The number of benzene rings is 1. The first-order valence-corrected chi connectivity index (χ1v) is 6.58. The molecule has 0 amide bonds. The minimum absolute atomic E-state index is 0.619. The number of nitrogens with one attached hydrogen (secondary N) is 1. The summed E-state index contributed by atoms with van der Waals surface area (Å²) >= 11 is 9.30. The minimum Gasteiger partial charge on any atom is -0.337 e. The molecule has 1 aromatic carbocycles. The van der Waals surface area contributed by atoms with Crippen molar-refractivity contribution in [1.29, 1.82) is 0 Å². The van der Waals surface area contributed by atoms with Crippen molar-refractivity contribution in [2.75, 3.05) is 0 Å². The first-order chi connectivity index (χ1) is 8.63. The number of nitrogens with zero attached hydrogens (tertiary/aromatic N) is 2. The zero-order valence-electron chi connectivity index (χ0n) is 9.54. The standard InChI is InChI=1S/C13H9BrClN3/c1-7-4-8(14)5-11-12(7)18-13(17-11)10-3-2-9(15)6-16-10/h2-6H,1H3,(H,17,18). The van der Waals surface area contributed by atoms with Crippen LogP contribution in [0.4, 0.5) is 0 Å². The molecule has 3 nitrogen and oxygen atoms in total. The average molecular weight is 323 g/mol. The van der Waals surface area contributed by atoms with E-state index in [4.69, 9.17) is 11.6 Å². The Morgan fingerprint density at radius 2 is 2.11 bits per heavy atom. The summed E-state index contributed by atoms with van der Waals surface area (Å²) in [6.45, 7) is 2.03. The largest absolute Gasteiger partial charge is 0.337 e. The smallest absolute Gasteiger partial charge is 0.157 e. The maximum atomic E-state index is 5.82.